The topological polar surface area (TPSA) is 0 Å². The fraction of sp³-hybridized carbons (Fsp3) is 0. The van der Waals surface area contributed by atoms with E-state index in [0.717, 1.165) is 0 Å². The van der Waals surface area contributed by atoms with Gasteiger partial charge in [-0.3, -0.25) is 0 Å². The van der Waals surface area contributed by atoms with Crippen molar-refractivity contribution in [3.63, 3.8) is 0 Å². The van der Waals surface area contributed by atoms with Gasteiger partial charge in [-0.1, -0.05) is 0 Å². The Labute approximate surface area is 138 Å². The van der Waals surface area contributed by atoms with Crippen LogP contribution in [-0.2, 0) is 17.1 Å². The Morgan fingerprint density at radius 2 is 0.650 bits per heavy atom. The zero-order valence-electron chi connectivity index (χ0n) is 11.0. The van der Waals surface area contributed by atoms with Crippen molar-refractivity contribution in [2.24, 2.45) is 0 Å². The molecule has 0 aliphatic carbocycles. The van der Waals surface area contributed by atoms with Crippen molar-refractivity contribution in [3.05, 3.63) is 91.0 Å². The van der Waals surface area contributed by atoms with E-state index in [1.54, 1.807) is 0 Å². The zero-order chi connectivity index (χ0) is 12.9. The molecule has 0 heterocycles. The van der Waals surface area contributed by atoms with Gasteiger partial charge >= 0.3 is 121 Å². The molecule has 2 radical (unpaired) electrons. The van der Waals surface area contributed by atoms with E-state index in [0.29, 0.717) is 0 Å². The van der Waals surface area contributed by atoms with Crippen LogP contribution in [0.15, 0.2) is 91.0 Å². The number of hydrogen-bond donors (Lipinski definition) is 0. The van der Waals surface area contributed by atoms with Crippen molar-refractivity contribution in [1.29, 1.82) is 0 Å². The summed E-state index contributed by atoms with van der Waals surface area (Å²) >= 11 is -1.98. The van der Waals surface area contributed by atoms with E-state index < -0.39 is 19.8 Å². The molecule has 0 aliphatic heterocycles. The summed E-state index contributed by atoms with van der Waals surface area (Å²) in [5.41, 5.74) is 0. The van der Waals surface area contributed by atoms with E-state index in [-0.39, 0.29) is 17.1 Å². The maximum atomic E-state index is 2.29. The Balaban J connectivity index is 0.00000147. The molecule has 98 valence electrons. The first-order chi connectivity index (χ1) is 9.45. The molecular formula is C18H15MnSn. The number of benzene rings is 3. The Bertz CT molecular complexity index is 529. The van der Waals surface area contributed by atoms with Gasteiger partial charge in [0.05, 0.1) is 0 Å². The van der Waals surface area contributed by atoms with Crippen LogP contribution in [0.5, 0.6) is 0 Å². The predicted octanol–water partition coefficient (Wildman–Crippen LogP) is 2.20. The number of rotatable bonds is 3. The average molecular weight is 405 g/mol. The van der Waals surface area contributed by atoms with Crippen molar-refractivity contribution in [3.8, 4) is 0 Å². The molecule has 0 saturated heterocycles. The molecule has 3 aromatic rings. The second-order valence-electron chi connectivity index (χ2n) is 4.47. The van der Waals surface area contributed by atoms with E-state index in [2.05, 4.69) is 91.0 Å². The van der Waals surface area contributed by atoms with Crippen LogP contribution in [0.25, 0.3) is 0 Å². The third-order valence-corrected chi connectivity index (χ3v) is 11.0. The van der Waals surface area contributed by atoms with E-state index >= 15 is 0 Å². The summed E-state index contributed by atoms with van der Waals surface area (Å²) in [5.74, 6) is 0. The van der Waals surface area contributed by atoms with Gasteiger partial charge in [-0.25, -0.2) is 0 Å². The van der Waals surface area contributed by atoms with Crippen molar-refractivity contribution < 1.29 is 17.1 Å². The summed E-state index contributed by atoms with van der Waals surface area (Å²) in [6, 6.07) is 32.9. The monoisotopic (exact) mass is 406 g/mol. The quantitative estimate of drug-likeness (QED) is 0.587. The molecule has 0 saturated carbocycles. The first kappa shape index (κ1) is 15.4. The van der Waals surface area contributed by atoms with Crippen LogP contribution < -0.4 is 10.7 Å². The van der Waals surface area contributed by atoms with Gasteiger partial charge < -0.3 is 0 Å². The molecule has 3 rings (SSSR count). The van der Waals surface area contributed by atoms with Crippen LogP contribution in [0, 0.1) is 0 Å². The van der Waals surface area contributed by atoms with Gasteiger partial charge in [-0.15, -0.1) is 0 Å². The minimum absolute atomic E-state index is 0. The molecule has 0 amide bonds. The van der Waals surface area contributed by atoms with Crippen LogP contribution in [0.4, 0.5) is 0 Å². The van der Waals surface area contributed by atoms with Gasteiger partial charge in [0.25, 0.3) is 0 Å². The van der Waals surface area contributed by atoms with Crippen LogP contribution in [0.2, 0.25) is 0 Å². The van der Waals surface area contributed by atoms with E-state index in [9.17, 15) is 0 Å². The van der Waals surface area contributed by atoms with Gasteiger partial charge in [0.1, 0.15) is 0 Å². The summed E-state index contributed by atoms with van der Waals surface area (Å²) in [6.07, 6.45) is 0. The fourth-order valence-electron chi connectivity index (χ4n) is 2.31. The van der Waals surface area contributed by atoms with Crippen LogP contribution in [-0.4, -0.2) is 19.8 Å². The van der Waals surface area contributed by atoms with Gasteiger partial charge in [-0.2, -0.15) is 0 Å². The average Bonchev–Trinajstić information content (AvgIpc) is 2.51. The molecule has 2 heteroatoms. The minimum atomic E-state index is -1.98. The molecule has 20 heavy (non-hydrogen) atoms. The van der Waals surface area contributed by atoms with Gasteiger partial charge in [0, 0.05) is 17.1 Å². The van der Waals surface area contributed by atoms with Crippen LogP contribution >= 0.6 is 0 Å². The van der Waals surface area contributed by atoms with Crippen LogP contribution in [0.1, 0.15) is 0 Å². The molecule has 0 bridgehead atoms. The SMILES string of the molecule is [Mn].c1cc[c]([Sn]([c]2ccccc2)[c]2ccccc2)cc1. The molecule has 0 atom stereocenters. The van der Waals surface area contributed by atoms with Crippen molar-refractivity contribution in [2.75, 3.05) is 0 Å². The third-order valence-electron chi connectivity index (χ3n) is 3.19. The molecule has 0 N–H and O–H groups in total. The molecule has 0 fully saturated rings. The second-order valence-corrected chi connectivity index (χ2v) is 11.6. The summed E-state index contributed by atoms with van der Waals surface area (Å²) in [7, 11) is 0. The first-order valence-electron chi connectivity index (χ1n) is 6.48. The summed E-state index contributed by atoms with van der Waals surface area (Å²) < 4.78 is 4.59. The predicted molar refractivity (Wildman–Crippen MR) is 84.0 cm³/mol. The third kappa shape index (κ3) is 3.54. The number of hydrogen-bond acceptors (Lipinski definition) is 0. The Morgan fingerprint density at radius 3 is 0.900 bits per heavy atom. The summed E-state index contributed by atoms with van der Waals surface area (Å²) in [6.45, 7) is 0. The molecule has 0 aromatic heterocycles. The van der Waals surface area contributed by atoms with Gasteiger partial charge in [0.2, 0.25) is 0 Å². The molecule has 3 aromatic carbocycles. The van der Waals surface area contributed by atoms with E-state index in [1.165, 1.54) is 10.7 Å². The van der Waals surface area contributed by atoms with Crippen LogP contribution in [0.3, 0.4) is 0 Å². The normalized spacial score (nSPS) is 10.1. The summed E-state index contributed by atoms with van der Waals surface area (Å²) in [5, 5.41) is 0. The standard InChI is InChI=1S/3C6H5.Mn.Sn/c3*1-2-4-6-5-3-1;;/h3*1-5H;;. The molecule has 0 aliphatic rings. The molecule has 0 spiro atoms. The van der Waals surface area contributed by atoms with E-state index in [1.807, 2.05) is 0 Å². The Hall–Kier alpha value is -1.02. The van der Waals surface area contributed by atoms with Crippen molar-refractivity contribution in [2.45, 2.75) is 0 Å². The van der Waals surface area contributed by atoms with Crippen molar-refractivity contribution in [1.82, 2.24) is 0 Å². The first-order valence-corrected chi connectivity index (χ1v) is 10.8. The molecule has 0 unspecified atom stereocenters. The maximum absolute atomic E-state index is 2.29. The zero-order valence-corrected chi connectivity index (χ0v) is 15.1. The fourth-order valence-corrected chi connectivity index (χ4v) is 9.67. The van der Waals surface area contributed by atoms with Crippen molar-refractivity contribution >= 4 is 30.5 Å². The molecular weight excluding hydrogens is 390 g/mol. The van der Waals surface area contributed by atoms with Gasteiger partial charge in [0.15, 0.2) is 0 Å². The second kappa shape index (κ2) is 7.68. The Morgan fingerprint density at radius 1 is 0.400 bits per heavy atom. The Kier molecular flexibility index (Phi) is 5.90. The van der Waals surface area contributed by atoms with Gasteiger partial charge in [-0.05, 0) is 0 Å². The van der Waals surface area contributed by atoms with E-state index in [4.69, 9.17) is 0 Å². The molecule has 0 nitrogen and oxygen atoms in total. The summed E-state index contributed by atoms with van der Waals surface area (Å²) in [4.78, 5) is 0.